The van der Waals surface area contributed by atoms with Gasteiger partial charge in [0.1, 0.15) is 11.0 Å². The Morgan fingerprint density at radius 1 is 1.07 bits per heavy atom. The first-order valence-electron chi connectivity index (χ1n) is 12.0. The smallest absolute Gasteiger partial charge is 0.455 e. The standard InChI is InChI=1S/C27H20ClF3N6O4/c1-12-10-16(13(2)32-18-8-9-19(28)33-21(18)25(39)40)20-17(11-12)24(38)37(3)22(34-20)14-4-6-15(7-5-14)23-35-26(36-41-23)27(29,30)31/h4-11,13,32H,1-3H3,(H,39,40)/t13-/m1/s1. The second-order valence-corrected chi connectivity index (χ2v) is 9.64. The summed E-state index contributed by atoms with van der Waals surface area (Å²) in [6, 6.07) is 12.2. The molecule has 0 aliphatic heterocycles. The minimum absolute atomic E-state index is 0.0299. The Morgan fingerprint density at radius 2 is 1.76 bits per heavy atom. The van der Waals surface area contributed by atoms with Crippen molar-refractivity contribution in [2.75, 3.05) is 5.32 Å². The van der Waals surface area contributed by atoms with Crippen molar-refractivity contribution in [3.63, 3.8) is 0 Å². The Hall–Kier alpha value is -4.78. The van der Waals surface area contributed by atoms with Gasteiger partial charge in [0, 0.05) is 23.7 Å². The molecule has 0 radical (unpaired) electrons. The Labute approximate surface area is 234 Å². The van der Waals surface area contributed by atoms with E-state index in [1.54, 1.807) is 32.2 Å². The zero-order valence-corrected chi connectivity index (χ0v) is 22.4. The lowest BCUT2D eigenvalue weighted by molar-refractivity contribution is -0.146. The molecule has 0 aliphatic rings. The average molecular weight is 585 g/mol. The van der Waals surface area contributed by atoms with Gasteiger partial charge >= 0.3 is 12.1 Å². The zero-order valence-electron chi connectivity index (χ0n) is 21.6. The number of anilines is 1. The lowest BCUT2D eigenvalue weighted by Gasteiger charge is -2.20. The molecule has 0 fully saturated rings. The molecule has 0 bridgehead atoms. The number of halogens is 4. The molecule has 3 heterocycles. The van der Waals surface area contributed by atoms with Gasteiger partial charge in [0.25, 0.3) is 17.3 Å². The molecule has 0 saturated heterocycles. The summed E-state index contributed by atoms with van der Waals surface area (Å²) in [5.74, 6) is -2.65. The van der Waals surface area contributed by atoms with E-state index in [-0.39, 0.29) is 33.5 Å². The molecule has 14 heteroatoms. The molecule has 41 heavy (non-hydrogen) atoms. The van der Waals surface area contributed by atoms with E-state index in [4.69, 9.17) is 21.1 Å². The van der Waals surface area contributed by atoms with E-state index in [0.29, 0.717) is 27.9 Å². The van der Waals surface area contributed by atoms with E-state index in [2.05, 4.69) is 20.4 Å². The van der Waals surface area contributed by atoms with Gasteiger partial charge in [-0.3, -0.25) is 9.36 Å². The molecule has 1 atom stereocenters. The number of nitrogens with one attached hydrogen (secondary N) is 1. The highest BCUT2D eigenvalue weighted by molar-refractivity contribution is 6.29. The van der Waals surface area contributed by atoms with Gasteiger partial charge in [-0.05, 0) is 49.7 Å². The third kappa shape index (κ3) is 5.35. The van der Waals surface area contributed by atoms with Gasteiger partial charge in [-0.1, -0.05) is 35.0 Å². The summed E-state index contributed by atoms with van der Waals surface area (Å²) in [7, 11) is 1.56. The molecular formula is C27H20ClF3N6O4. The third-order valence-corrected chi connectivity index (χ3v) is 6.54. The molecule has 5 rings (SSSR count). The van der Waals surface area contributed by atoms with Crippen molar-refractivity contribution in [1.29, 1.82) is 0 Å². The van der Waals surface area contributed by atoms with Crippen LogP contribution in [-0.2, 0) is 13.2 Å². The third-order valence-electron chi connectivity index (χ3n) is 6.33. The molecular weight excluding hydrogens is 565 g/mol. The van der Waals surface area contributed by atoms with Crippen molar-refractivity contribution in [1.82, 2.24) is 24.7 Å². The van der Waals surface area contributed by atoms with Gasteiger partial charge in [-0.2, -0.15) is 18.2 Å². The van der Waals surface area contributed by atoms with Crippen LogP contribution in [0.3, 0.4) is 0 Å². The van der Waals surface area contributed by atoms with Gasteiger partial charge in [0.2, 0.25) is 0 Å². The van der Waals surface area contributed by atoms with Crippen molar-refractivity contribution in [2.45, 2.75) is 26.1 Å². The second kappa shape index (κ2) is 10.3. The van der Waals surface area contributed by atoms with Crippen molar-refractivity contribution in [3.8, 4) is 22.8 Å². The molecule has 0 saturated carbocycles. The minimum Gasteiger partial charge on any atom is -0.476 e. The van der Waals surface area contributed by atoms with E-state index in [1.165, 1.54) is 28.8 Å². The number of hydrogen-bond donors (Lipinski definition) is 2. The molecule has 10 nitrogen and oxygen atoms in total. The topological polar surface area (TPSA) is 136 Å². The number of fused-ring (bicyclic) bond motifs is 1. The van der Waals surface area contributed by atoms with Crippen LogP contribution in [0.1, 0.15) is 40.4 Å². The number of rotatable bonds is 6. The first kappa shape index (κ1) is 27.8. The highest BCUT2D eigenvalue weighted by Gasteiger charge is 2.37. The molecule has 0 amide bonds. The summed E-state index contributed by atoms with van der Waals surface area (Å²) < 4.78 is 44.7. The number of carboxylic acid groups (broad SMARTS) is 1. The summed E-state index contributed by atoms with van der Waals surface area (Å²) in [5.41, 5.74) is 2.24. The Kier molecular flexibility index (Phi) is 6.99. The molecule has 5 aromatic rings. The Morgan fingerprint density at radius 3 is 2.39 bits per heavy atom. The van der Waals surface area contributed by atoms with Crippen molar-refractivity contribution in [3.05, 3.63) is 86.7 Å². The summed E-state index contributed by atoms with van der Waals surface area (Å²) >= 11 is 5.88. The number of pyridine rings is 1. The van der Waals surface area contributed by atoms with Crippen LogP contribution in [0.4, 0.5) is 18.9 Å². The number of alkyl halides is 3. The zero-order chi connectivity index (χ0) is 29.6. The van der Waals surface area contributed by atoms with Crippen LogP contribution in [0.15, 0.2) is 57.8 Å². The molecule has 3 aromatic heterocycles. The lowest BCUT2D eigenvalue weighted by Crippen LogP contribution is -2.22. The van der Waals surface area contributed by atoms with Gasteiger partial charge in [0.15, 0.2) is 5.69 Å². The normalized spacial score (nSPS) is 12.5. The fraction of sp³-hybridized carbons (Fsp3) is 0.185. The molecule has 2 N–H and O–H groups in total. The first-order chi connectivity index (χ1) is 19.3. The fourth-order valence-electron chi connectivity index (χ4n) is 4.38. The molecule has 2 aromatic carbocycles. The molecule has 0 unspecified atom stereocenters. The number of aromatic nitrogens is 5. The maximum Gasteiger partial charge on any atom is 0.455 e. The van der Waals surface area contributed by atoms with Gasteiger partial charge in [-0.25, -0.2) is 14.8 Å². The van der Waals surface area contributed by atoms with Crippen LogP contribution in [0.5, 0.6) is 0 Å². The van der Waals surface area contributed by atoms with Crippen LogP contribution in [0.2, 0.25) is 5.15 Å². The highest BCUT2D eigenvalue weighted by Crippen LogP contribution is 2.31. The molecule has 210 valence electrons. The van der Waals surface area contributed by atoms with Gasteiger partial charge in [-0.15, -0.1) is 0 Å². The lowest BCUT2D eigenvalue weighted by atomic mass is 10.0. The SMILES string of the molecule is Cc1cc([C@@H](C)Nc2ccc(Cl)nc2C(=O)O)c2nc(-c3ccc(-c4nc(C(F)(F)F)no4)cc3)n(C)c(=O)c2c1. The van der Waals surface area contributed by atoms with E-state index in [9.17, 15) is 27.9 Å². The maximum absolute atomic E-state index is 13.4. The van der Waals surface area contributed by atoms with Crippen molar-refractivity contribution >= 4 is 34.2 Å². The van der Waals surface area contributed by atoms with Crippen LogP contribution < -0.4 is 10.9 Å². The monoisotopic (exact) mass is 584 g/mol. The number of carbonyl (C=O) groups is 1. The Balaban J connectivity index is 1.57. The summed E-state index contributed by atoms with van der Waals surface area (Å²) in [6.07, 6.45) is -4.74. The van der Waals surface area contributed by atoms with Crippen molar-refractivity contribution in [2.24, 2.45) is 7.05 Å². The predicted molar refractivity (Wildman–Crippen MR) is 144 cm³/mol. The Bertz CT molecular complexity index is 1870. The number of aryl methyl sites for hydroxylation is 1. The van der Waals surface area contributed by atoms with E-state index in [0.717, 1.165) is 5.56 Å². The number of hydrogen-bond acceptors (Lipinski definition) is 8. The fourth-order valence-corrected chi connectivity index (χ4v) is 4.53. The second-order valence-electron chi connectivity index (χ2n) is 9.25. The van der Waals surface area contributed by atoms with E-state index in [1.807, 2.05) is 13.0 Å². The minimum atomic E-state index is -4.74. The molecule has 0 aliphatic carbocycles. The highest BCUT2D eigenvalue weighted by atomic mass is 35.5. The van der Waals surface area contributed by atoms with Crippen LogP contribution in [-0.4, -0.2) is 35.8 Å². The largest absolute Gasteiger partial charge is 0.476 e. The number of aromatic carboxylic acids is 1. The number of nitrogens with zero attached hydrogens (tertiary/aromatic N) is 5. The van der Waals surface area contributed by atoms with Crippen LogP contribution in [0, 0.1) is 6.92 Å². The quantitative estimate of drug-likeness (QED) is 0.234. The van der Waals surface area contributed by atoms with Crippen LogP contribution in [0.25, 0.3) is 33.7 Å². The number of carboxylic acids is 1. The summed E-state index contributed by atoms with van der Waals surface area (Å²) in [5, 5.41) is 16.1. The predicted octanol–water partition coefficient (Wildman–Crippen LogP) is 5.90. The van der Waals surface area contributed by atoms with Gasteiger partial charge in [0.05, 0.1) is 22.6 Å². The van der Waals surface area contributed by atoms with E-state index < -0.39 is 24.0 Å². The van der Waals surface area contributed by atoms with Crippen LogP contribution >= 0.6 is 11.6 Å². The van der Waals surface area contributed by atoms with Gasteiger partial charge < -0.3 is 14.9 Å². The first-order valence-corrected chi connectivity index (χ1v) is 12.4. The average Bonchev–Trinajstić information content (AvgIpc) is 3.43. The molecule has 0 spiro atoms. The van der Waals surface area contributed by atoms with E-state index >= 15 is 0 Å². The summed E-state index contributed by atoms with van der Waals surface area (Å²) in [6.45, 7) is 3.62. The summed E-state index contributed by atoms with van der Waals surface area (Å²) in [4.78, 5) is 37.2. The maximum atomic E-state index is 13.4. The number of benzene rings is 2. The van der Waals surface area contributed by atoms with Crippen molar-refractivity contribution < 1.29 is 27.6 Å².